The molecule has 4 aromatic heterocycles. The van der Waals surface area contributed by atoms with Gasteiger partial charge >= 0.3 is 5.63 Å². The number of rotatable bonds is 2. The molecule has 0 radical (unpaired) electrons. The second-order valence-electron chi connectivity index (χ2n) is 8.07. The van der Waals surface area contributed by atoms with Crippen molar-refractivity contribution in [3.63, 3.8) is 0 Å². The Morgan fingerprint density at radius 3 is 2.60 bits per heavy atom. The normalized spacial score (nSPS) is 14.5. The zero-order valence-electron chi connectivity index (χ0n) is 17.9. The molecular formula is C26H14BrN5O3. The fourth-order valence-electron chi connectivity index (χ4n) is 4.55. The molecule has 0 aliphatic carbocycles. The molecule has 2 aromatic carbocycles. The maximum absolute atomic E-state index is 13.4. The van der Waals surface area contributed by atoms with E-state index in [1.165, 1.54) is 0 Å². The van der Waals surface area contributed by atoms with Gasteiger partial charge in [0.1, 0.15) is 17.6 Å². The van der Waals surface area contributed by atoms with Gasteiger partial charge in [0, 0.05) is 10.7 Å². The Hall–Kier alpha value is -4.37. The molecule has 8 nitrogen and oxygen atoms in total. The van der Waals surface area contributed by atoms with Crippen molar-refractivity contribution in [1.29, 1.82) is 0 Å². The van der Waals surface area contributed by atoms with Gasteiger partial charge in [-0.15, -0.1) is 5.10 Å². The standard InChI is InChI=1S/C26H14BrN5O3/c27-16-9-3-1-7-14(16)19-20-22(15-8-2-4-11-18(15)34-26(20)33)35-25-21(19)24-30-23(31-32(24)13-29-25)17-10-5-6-12-28-17/h1-13,19H. The van der Waals surface area contributed by atoms with Gasteiger partial charge in [0.05, 0.1) is 22.4 Å². The third kappa shape index (κ3) is 3.01. The maximum atomic E-state index is 13.4. The Labute approximate surface area is 206 Å². The van der Waals surface area contributed by atoms with Crippen LogP contribution in [0.25, 0.3) is 28.1 Å². The van der Waals surface area contributed by atoms with Crippen LogP contribution in [0.4, 0.5) is 0 Å². The van der Waals surface area contributed by atoms with Crippen molar-refractivity contribution < 1.29 is 9.15 Å². The quantitative estimate of drug-likeness (QED) is 0.282. The Morgan fingerprint density at radius 2 is 1.74 bits per heavy atom. The summed E-state index contributed by atoms with van der Waals surface area (Å²) in [6.07, 6.45) is 3.25. The van der Waals surface area contributed by atoms with Gasteiger partial charge < -0.3 is 9.15 Å². The topological polar surface area (TPSA) is 95.4 Å². The lowest BCUT2D eigenvalue weighted by Gasteiger charge is -2.27. The number of nitrogens with zero attached hydrogens (tertiary/aromatic N) is 5. The number of fused-ring (bicyclic) bond motifs is 6. The molecule has 0 bridgehead atoms. The lowest BCUT2D eigenvalue weighted by atomic mass is 9.84. The van der Waals surface area contributed by atoms with Crippen molar-refractivity contribution in [1.82, 2.24) is 24.6 Å². The molecule has 168 valence electrons. The molecule has 9 heteroatoms. The highest BCUT2D eigenvalue weighted by atomic mass is 79.9. The summed E-state index contributed by atoms with van der Waals surface area (Å²) in [7, 11) is 0. The number of hydrogen-bond acceptors (Lipinski definition) is 7. The van der Waals surface area contributed by atoms with E-state index in [1.54, 1.807) is 23.1 Å². The number of pyridine rings is 1. The predicted octanol–water partition coefficient (Wildman–Crippen LogP) is 5.34. The average Bonchev–Trinajstić information content (AvgIpc) is 3.33. The van der Waals surface area contributed by atoms with Crippen LogP contribution in [0.5, 0.6) is 11.6 Å². The smallest absolute Gasteiger partial charge is 0.344 e. The number of benzene rings is 2. The predicted molar refractivity (Wildman–Crippen MR) is 132 cm³/mol. The summed E-state index contributed by atoms with van der Waals surface area (Å²) >= 11 is 3.67. The van der Waals surface area contributed by atoms with Crippen LogP contribution < -0.4 is 10.4 Å². The fraction of sp³-hybridized carbons (Fsp3) is 0.0385. The molecule has 7 rings (SSSR count). The minimum absolute atomic E-state index is 0.362. The molecular weight excluding hydrogens is 510 g/mol. The minimum atomic E-state index is -0.554. The second-order valence-corrected chi connectivity index (χ2v) is 8.92. The Morgan fingerprint density at radius 1 is 0.914 bits per heavy atom. The van der Waals surface area contributed by atoms with E-state index in [2.05, 4.69) is 31.0 Å². The number of ether oxygens (including phenoxy) is 1. The summed E-state index contributed by atoms with van der Waals surface area (Å²) < 4.78 is 14.5. The molecule has 0 N–H and O–H groups in total. The van der Waals surface area contributed by atoms with Crippen molar-refractivity contribution in [3.8, 4) is 23.1 Å². The third-order valence-electron chi connectivity index (χ3n) is 6.07. The van der Waals surface area contributed by atoms with Gasteiger partial charge in [0.2, 0.25) is 11.7 Å². The zero-order chi connectivity index (χ0) is 23.5. The van der Waals surface area contributed by atoms with E-state index in [-0.39, 0.29) is 0 Å². The summed E-state index contributed by atoms with van der Waals surface area (Å²) in [5.74, 6) is 0.693. The molecule has 1 atom stereocenters. The largest absolute Gasteiger partial charge is 0.437 e. The fourth-order valence-corrected chi connectivity index (χ4v) is 5.07. The first-order valence-corrected chi connectivity index (χ1v) is 11.6. The first-order chi connectivity index (χ1) is 17.2. The Bertz CT molecular complexity index is 1830. The number of para-hydroxylation sites is 1. The third-order valence-corrected chi connectivity index (χ3v) is 6.79. The van der Waals surface area contributed by atoms with Crippen molar-refractivity contribution >= 4 is 32.5 Å². The first kappa shape index (κ1) is 20.0. The van der Waals surface area contributed by atoms with Crippen LogP contribution in [-0.2, 0) is 0 Å². The molecule has 1 aliphatic rings. The van der Waals surface area contributed by atoms with Crippen molar-refractivity contribution in [2.24, 2.45) is 0 Å². The van der Waals surface area contributed by atoms with Gasteiger partial charge in [-0.1, -0.05) is 52.3 Å². The van der Waals surface area contributed by atoms with E-state index < -0.39 is 11.5 Å². The Kier molecular flexibility index (Phi) is 4.34. The van der Waals surface area contributed by atoms with Gasteiger partial charge in [0.25, 0.3) is 0 Å². The highest BCUT2D eigenvalue weighted by Crippen LogP contribution is 2.49. The van der Waals surface area contributed by atoms with Crippen molar-refractivity contribution in [2.45, 2.75) is 5.92 Å². The van der Waals surface area contributed by atoms with Crippen molar-refractivity contribution in [2.75, 3.05) is 0 Å². The van der Waals surface area contributed by atoms with E-state index in [1.807, 2.05) is 60.7 Å². The van der Waals surface area contributed by atoms with E-state index >= 15 is 0 Å². The summed E-state index contributed by atoms with van der Waals surface area (Å²) in [4.78, 5) is 27.1. The van der Waals surface area contributed by atoms with Crippen molar-refractivity contribution in [3.05, 3.63) is 111 Å². The summed E-state index contributed by atoms with van der Waals surface area (Å²) in [5.41, 5.74) is 3.01. The molecule has 1 aliphatic heterocycles. The summed E-state index contributed by atoms with van der Waals surface area (Å²) in [6, 6.07) is 20.6. The SMILES string of the molecule is O=c1oc2ccccc2c2c1C(c1ccccc1Br)c1c(ncn3nc(-c4ccccn4)nc13)O2. The highest BCUT2D eigenvalue weighted by Gasteiger charge is 2.38. The minimum Gasteiger partial charge on any atom is -0.437 e. The monoisotopic (exact) mass is 523 g/mol. The summed E-state index contributed by atoms with van der Waals surface area (Å²) in [6.45, 7) is 0. The molecule has 0 fully saturated rings. The summed E-state index contributed by atoms with van der Waals surface area (Å²) in [5, 5.41) is 5.28. The number of halogens is 1. The van der Waals surface area contributed by atoms with E-state index in [0.29, 0.717) is 50.9 Å². The Balaban J connectivity index is 1.58. The van der Waals surface area contributed by atoms with E-state index in [0.717, 1.165) is 10.0 Å². The van der Waals surface area contributed by atoms with E-state index in [9.17, 15) is 4.79 Å². The van der Waals surface area contributed by atoms with Gasteiger partial charge in [-0.2, -0.15) is 0 Å². The van der Waals surface area contributed by atoms with Crippen LogP contribution in [-0.4, -0.2) is 24.6 Å². The van der Waals surface area contributed by atoms with Crippen LogP contribution in [0.3, 0.4) is 0 Å². The van der Waals surface area contributed by atoms with Gasteiger partial charge in [-0.05, 0) is 35.9 Å². The van der Waals surface area contributed by atoms with Crippen LogP contribution in [0.2, 0.25) is 0 Å². The number of hydrogen-bond donors (Lipinski definition) is 0. The molecule has 6 aromatic rings. The molecule has 35 heavy (non-hydrogen) atoms. The molecule has 1 unspecified atom stereocenters. The molecule has 5 heterocycles. The first-order valence-electron chi connectivity index (χ1n) is 10.8. The zero-order valence-corrected chi connectivity index (χ0v) is 19.5. The highest BCUT2D eigenvalue weighted by molar-refractivity contribution is 9.10. The maximum Gasteiger partial charge on any atom is 0.344 e. The van der Waals surface area contributed by atoms with E-state index in [4.69, 9.17) is 14.1 Å². The number of aromatic nitrogens is 5. The van der Waals surface area contributed by atoms with Crippen LogP contribution in [0, 0.1) is 0 Å². The van der Waals surface area contributed by atoms with Gasteiger partial charge in [-0.25, -0.2) is 19.3 Å². The molecule has 0 spiro atoms. The molecule has 0 saturated carbocycles. The second kappa shape index (κ2) is 7.57. The average molecular weight is 524 g/mol. The molecule has 0 saturated heterocycles. The van der Waals surface area contributed by atoms with Gasteiger partial charge in [0.15, 0.2) is 11.4 Å². The lowest BCUT2D eigenvalue weighted by Crippen LogP contribution is -2.22. The lowest BCUT2D eigenvalue weighted by molar-refractivity contribution is 0.422. The van der Waals surface area contributed by atoms with Gasteiger partial charge in [-0.3, -0.25) is 4.98 Å². The van der Waals surface area contributed by atoms with Crippen LogP contribution in [0.1, 0.15) is 22.6 Å². The molecule has 0 amide bonds. The van der Waals surface area contributed by atoms with Crippen LogP contribution in [0.15, 0.2) is 92.9 Å². The van der Waals surface area contributed by atoms with Crippen LogP contribution >= 0.6 is 15.9 Å².